The first-order chi connectivity index (χ1) is 13.6. The molecule has 3 heterocycles. The van der Waals surface area contributed by atoms with Crippen LogP contribution in [0.1, 0.15) is 62.0 Å². The van der Waals surface area contributed by atoms with Crippen LogP contribution in [-0.4, -0.2) is 58.9 Å². The Hall–Kier alpha value is -1.95. The van der Waals surface area contributed by atoms with Gasteiger partial charge in [0, 0.05) is 45.0 Å². The zero-order valence-corrected chi connectivity index (χ0v) is 17.3. The van der Waals surface area contributed by atoms with E-state index in [1.165, 1.54) is 25.8 Å². The van der Waals surface area contributed by atoms with Crippen LogP contribution in [0.15, 0.2) is 12.2 Å². The van der Waals surface area contributed by atoms with Gasteiger partial charge in [-0.15, -0.1) is 0 Å². The Labute approximate surface area is 168 Å². The predicted octanol–water partition coefficient (Wildman–Crippen LogP) is 2.96. The summed E-state index contributed by atoms with van der Waals surface area (Å²) in [5.41, 5.74) is 2.22. The van der Waals surface area contributed by atoms with Gasteiger partial charge in [0.1, 0.15) is 11.6 Å². The predicted molar refractivity (Wildman–Crippen MR) is 111 cm³/mol. The van der Waals surface area contributed by atoms with Crippen molar-refractivity contribution in [3.8, 4) is 0 Å². The minimum Gasteiger partial charge on any atom is -0.373 e. The second-order valence-electron chi connectivity index (χ2n) is 8.52. The smallest absolute Gasteiger partial charge is 0.219 e. The number of nitrogens with zero attached hydrogens (tertiary/aromatic N) is 4. The molecule has 1 N–H and O–H groups in total. The Morgan fingerprint density at radius 3 is 2.68 bits per heavy atom. The average Bonchev–Trinajstić information content (AvgIpc) is 2.73. The molecular formula is C22H33N5O. The Morgan fingerprint density at radius 1 is 1.18 bits per heavy atom. The number of carbonyl (C=O) groups excluding carboxylic acids is 1. The summed E-state index contributed by atoms with van der Waals surface area (Å²) in [5, 5.41) is 3.25. The number of hydrogen-bond acceptors (Lipinski definition) is 5. The molecule has 1 aliphatic carbocycles. The molecule has 0 saturated carbocycles. The topological polar surface area (TPSA) is 61.4 Å². The molecule has 0 spiro atoms. The highest BCUT2D eigenvalue weighted by atomic mass is 16.2. The van der Waals surface area contributed by atoms with Crippen molar-refractivity contribution in [3.63, 3.8) is 0 Å². The number of amides is 1. The van der Waals surface area contributed by atoms with E-state index in [2.05, 4.69) is 22.4 Å². The summed E-state index contributed by atoms with van der Waals surface area (Å²) in [7, 11) is 1.92. The Bertz CT molecular complexity index is 721. The summed E-state index contributed by atoms with van der Waals surface area (Å²) < 4.78 is 0. The van der Waals surface area contributed by atoms with Gasteiger partial charge in [-0.25, -0.2) is 9.97 Å². The van der Waals surface area contributed by atoms with Gasteiger partial charge < -0.3 is 15.1 Å². The van der Waals surface area contributed by atoms with Crippen molar-refractivity contribution >= 4 is 11.7 Å². The lowest BCUT2D eigenvalue weighted by Crippen LogP contribution is -2.38. The Morgan fingerprint density at radius 2 is 2.00 bits per heavy atom. The van der Waals surface area contributed by atoms with E-state index in [-0.39, 0.29) is 5.91 Å². The van der Waals surface area contributed by atoms with E-state index >= 15 is 0 Å². The number of anilines is 1. The van der Waals surface area contributed by atoms with Crippen molar-refractivity contribution in [1.29, 1.82) is 0 Å². The fourth-order valence-corrected chi connectivity index (χ4v) is 4.85. The van der Waals surface area contributed by atoms with Gasteiger partial charge in [-0.1, -0.05) is 12.2 Å². The van der Waals surface area contributed by atoms with Crippen molar-refractivity contribution < 1.29 is 4.79 Å². The van der Waals surface area contributed by atoms with Gasteiger partial charge >= 0.3 is 0 Å². The van der Waals surface area contributed by atoms with Crippen LogP contribution in [0.5, 0.6) is 0 Å². The van der Waals surface area contributed by atoms with Crippen molar-refractivity contribution in [1.82, 2.24) is 19.8 Å². The molecule has 0 unspecified atom stereocenters. The maximum atomic E-state index is 11.8. The molecule has 0 aromatic carbocycles. The van der Waals surface area contributed by atoms with Crippen molar-refractivity contribution in [2.75, 3.05) is 38.5 Å². The second-order valence-corrected chi connectivity index (χ2v) is 8.52. The van der Waals surface area contributed by atoms with Gasteiger partial charge in [0.05, 0.1) is 12.2 Å². The first kappa shape index (κ1) is 19.4. The van der Waals surface area contributed by atoms with Crippen LogP contribution in [0, 0.1) is 5.92 Å². The largest absolute Gasteiger partial charge is 0.373 e. The van der Waals surface area contributed by atoms with Crippen LogP contribution in [0.2, 0.25) is 0 Å². The number of fused-ring (bicyclic) bond motifs is 1. The van der Waals surface area contributed by atoms with Crippen LogP contribution >= 0.6 is 0 Å². The van der Waals surface area contributed by atoms with Crippen molar-refractivity contribution in [3.05, 3.63) is 29.2 Å². The molecule has 1 aromatic rings. The molecule has 1 amide bonds. The molecular weight excluding hydrogens is 350 g/mol. The lowest BCUT2D eigenvalue weighted by Gasteiger charge is -2.35. The number of carbonyl (C=O) groups is 1. The Kier molecular flexibility index (Phi) is 5.95. The van der Waals surface area contributed by atoms with Gasteiger partial charge in [-0.2, -0.15) is 0 Å². The zero-order valence-electron chi connectivity index (χ0n) is 17.3. The lowest BCUT2D eigenvalue weighted by molar-refractivity contribution is -0.129. The van der Waals surface area contributed by atoms with Crippen LogP contribution in [0.25, 0.3) is 0 Å². The molecule has 1 atom stereocenters. The van der Waals surface area contributed by atoms with E-state index in [0.29, 0.717) is 12.5 Å². The van der Waals surface area contributed by atoms with E-state index in [4.69, 9.17) is 9.97 Å². The van der Waals surface area contributed by atoms with Crippen LogP contribution in [0.3, 0.4) is 0 Å². The van der Waals surface area contributed by atoms with Gasteiger partial charge in [0.15, 0.2) is 0 Å². The lowest BCUT2D eigenvalue weighted by atomic mass is 9.91. The molecule has 0 bridgehead atoms. The van der Waals surface area contributed by atoms with Crippen LogP contribution < -0.4 is 5.32 Å². The number of allylic oxidation sites excluding steroid dienone is 2. The minimum atomic E-state index is 0.123. The van der Waals surface area contributed by atoms with E-state index in [0.717, 1.165) is 67.7 Å². The Balaban J connectivity index is 1.41. The van der Waals surface area contributed by atoms with Gasteiger partial charge in [0.25, 0.3) is 0 Å². The van der Waals surface area contributed by atoms with Gasteiger partial charge in [-0.3, -0.25) is 4.79 Å². The average molecular weight is 384 g/mol. The quantitative estimate of drug-likeness (QED) is 0.810. The molecule has 6 nitrogen and oxygen atoms in total. The number of rotatable bonds is 4. The normalized spacial score (nSPS) is 23.5. The van der Waals surface area contributed by atoms with Gasteiger partial charge in [-0.05, 0) is 51.1 Å². The maximum absolute atomic E-state index is 11.8. The molecule has 4 rings (SSSR count). The molecule has 0 radical (unpaired) electrons. The number of likely N-dealkylation sites (tertiary alicyclic amines) is 1. The molecule has 152 valence electrons. The molecule has 1 saturated heterocycles. The highest BCUT2D eigenvalue weighted by molar-refractivity contribution is 5.74. The summed E-state index contributed by atoms with van der Waals surface area (Å²) in [6.07, 6.45) is 11.6. The third-order valence-corrected chi connectivity index (χ3v) is 6.61. The fourth-order valence-electron chi connectivity index (χ4n) is 4.85. The maximum Gasteiger partial charge on any atom is 0.219 e. The second kappa shape index (κ2) is 8.60. The summed E-state index contributed by atoms with van der Waals surface area (Å²) in [5.74, 6) is 3.31. The van der Waals surface area contributed by atoms with Crippen LogP contribution in [-0.2, 0) is 17.8 Å². The summed E-state index contributed by atoms with van der Waals surface area (Å²) in [6, 6.07) is 0. The van der Waals surface area contributed by atoms with Crippen molar-refractivity contribution in [2.24, 2.45) is 5.92 Å². The van der Waals surface area contributed by atoms with Crippen molar-refractivity contribution in [2.45, 2.75) is 57.9 Å². The molecule has 28 heavy (non-hydrogen) atoms. The standard InChI is InChI=1S/C22H33N5O/c1-16(28)27-13-10-20-19(15-27)22(23-2)25-21(24-20)18-8-11-26(12-9-18)14-17-6-4-3-5-7-17/h3-4,17-18H,5-15H2,1-2H3,(H,23,24,25)/t17-/m1/s1. The van der Waals surface area contributed by atoms with E-state index in [1.54, 1.807) is 6.92 Å². The number of nitrogens with one attached hydrogen (secondary N) is 1. The van der Waals surface area contributed by atoms with E-state index in [1.807, 2.05) is 11.9 Å². The first-order valence-electron chi connectivity index (χ1n) is 10.8. The highest BCUT2D eigenvalue weighted by Crippen LogP contribution is 2.31. The van der Waals surface area contributed by atoms with Gasteiger partial charge in [0.2, 0.25) is 5.91 Å². The van der Waals surface area contributed by atoms with E-state index < -0.39 is 0 Å². The van der Waals surface area contributed by atoms with E-state index in [9.17, 15) is 4.79 Å². The molecule has 1 aromatic heterocycles. The minimum absolute atomic E-state index is 0.123. The molecule has 1 fully saturated rings. The number of aromatic nitrogens is 2. The monoisotopic (exact) mass is 383 g/mol. The summed E-state index contributed by atoms with van der Waals surface area (Å²) >= 11 is 0. The number of hydrogen-bond donors (Lipinski definition) is 1. The highest BCUT2D eigenvalue weighted by Gasteiger charge is 2.28. The first-order valence-corrected chi connectivity index (χ1v) is 10.8. The third kappa shape index (κ3) is 4.22. The fraction of sp³-hybridized carbons (Fsp3) is 0.682. The van der Waals surface area contributed by atoms with Crippen LogP contribution in [0.4, 0.5) is 5.82 Å². The summed E-state index contributed by atoms with van der Waals surface area (Å²) in [6.45, 7) is 6.56. The number of piperidine rings is 1. The zero-order chi connectivity index (χ0) is 19.5. The molecule has 2 aliphatic heterocycles. The molecule has 3 aliphatic rings. The molecule has 6 heteroatoms. The third-order valence-electron chi connectivity index (χ3n) is 6.61. The summed E-state index contributed by atoms with van der Waals surface area (Å²) in [4.78, 5) is 26.1. The SMILES string of the molecule is CNc1nc(C2CCN(C[C@@H]3CC=CCC3)CC2)nc2c1CN(C(C)=O)CC2.